The number of rotatable bonds is 2. The molecule has 0 radical (unpaired) electrons. The van der Waals surface area contributed by atoms with Gasteiger partial charge >= 0.3 is 6.18 Å². The third-order valence-corrected chi connectivity index (χ3v) is 2.11. The zero-order valence-corrected chi connectivity index (χ0v) is 9.37. The molecule has 0 aliphatic rings. The van der Waals surface area contributed by atoms with Crippen molar-refractivity contribution < 1.29 is 13.2 Å². The lowest BCUT2D eigenvalue weighted by Crippen LogP contribution is -2.12. The maximum Gasteiger partial charge on any atom is 0.416 e. The van der Waals surface area contributed by atoms with Crippen LogP contribution >= 0.6 is 23.2 Å². The second kappa shape index (κ2) is 4.93. The molecule has 2 nitrogen and oxygen atoms in total. The van der Waals surface area contributed by atoms with Gasteiger partial charge in [-0.25, -0.2) is 4.99 Å². The Morgan fingerprint density at radius 3 is 2.44 bits per heavy atom. The van der Waals surface area contributed by atoms with Gasteiger partial charge in [-0.1, -0.05) is 11.6 Å². The highest BCUT2D eigenvalue weighted by Crippen LogP contribution is 2.34. The van der Waals surface area contributed by atoms with E-state index in [9.17, 15) is 13.2 Å². The van der Waals surface area contributed by atoms with E-state index in [4.69, 9.17) is 28.9 Å². The number of benzene rings is 1. The summed E-state index contributed by atoms with van der Waals surface area (Å²) >= 11 is 10.9. The van der Waals surface area contributed by atoms with Crippen LogP contribution in [0.25, 0.3) is 0 Å². The van der Waals surface area contributed by atoms with E-state index in [0.29, 0.717) is 0 Å². The number of aliphatic imine (C=N–C) groups is 1. The van der Waals surface area contributed by atoms with Crippen LogP contribution in [0.15, 0.2) is 23.2 Å². The van der Waals surface area contributed by atoms with Crippen molar-refractivity contribution in [2.45, 2.75) is 6.18 Å². The summed E-state index contributed by atoms with van der Waals surface area (Å²) in [6.07, 6.45) is -4.47. The summed E-state index contributed by atoms with van der Waals surface area (Å²) in [6.45, 7) is 0. The monoisotopic (exact) mass is 270 g/mol. The van der Waals surface area contributed by atoms with Crippen LogP contribution in [0.3, 0.4) is 0 Å². The second-order valence-corrected chi connectivity index (χ2v) is 3.64. The molecule has 0 amide bonds. The minimum Gasteiger partial charge on any atom is -0.386 e. The average Bonchev–Trinajstić information content (AvgIpc) is 2.15. The van der Waals surface area contributed by atoms with E-state index in [2.05, 4.69) is 4.99 Å². The summed E-state index contributed by atoms with van der Waals surface area (Å²) in [5.74, 6) is -0.0366. The summed E-state index contributed by atoms with van der Waals surface area (Å²) in [7, 11) is 0. The van der Waals surface area contributed by atoms with Gasteiger partial charge in [0.1, 0.15) is 5.84 Å². The van der Waals surface area contributed by atoms with Crippen LogP contribution in [0.5, 0.6) is 0 Å². The van der Waals surface area contributed by atoms with Crippen molar-refractivity contribution >= 4 is 34.7 Å². The third kappa shape index (κ3) is 3.57. The molecule has 16 heavy (non-hydrogen) atoms. The molecule has 0 aromatic heterocycles. The second-order valence-electron chi connectivity index (χ2n) is 2.93. The average molecular weight is 271 g/mol. The lowest BCUT2D eigenvalue weighted by atomic mass is 10.2. The maximum absolute atomic E-state index is 12.4. The topological polar surface area (TPSA) is 38.4 Å². The lowest BCUT2D eigenvalue weighted by Gasteiger charge is -2.08. The number of hydrogen-bond acceptors (Lipinski definition) is 1. The fraction of sp³-hybridized carbons (Fsp3) is 0.222. The molecule has 1 aromatic rings. The van der Waals surface area contributed by atoms with Crippen molar-refractivity contribution in [3.05, 3.63) is 28.8 Å². The standard InChI is InChI=1S/C9H7Cl2F3N2/c10-4-8(15)16-7-2-5(9(12,13)14)1-6(11)3-7/h1-3H,4H2,(H2,15,16). The maximum atomic E-state index is 12.4. The molecule has 0 saturated heterocycles. The molecular weight excluding hydrogens is 264 g/mol. The summed E-state index contributed by atoms with van der Waals surface area (Å²) in [4.78, 5) is 3.69. The van der Waals surface area contributed by atoms with E-state index in [1.807, 2.05) is 0 Å². The first-order valence-corrected chi connectivity index (χ1v) is 5.01. The minimum atomic E-state index is -4.47. The molecule has 0 atom stereocenters. The first kappa shape index (κ1) is 13.1. The largest absolute Gasteiger partial charge is 0.416 e. The van der Waals surface area contributed by atoms with Crippen LogP contribution in [0.4, 0.5) is 18.9 Å². The Hall–Kier alpha value is -0.940. The Morgan fingerprint density at radius 2 is 1.94 bits per heavy atom. The van der Waals surface area contributed by atoms with Crippen LogP contribution < -0.4 is 5.73 Å². The Bertz CT molecular complexity index is 416. The predicted octanol–water partition coefficient (Wildman–Crippen LogP) is 3.59. The highest BCUT2D eigenvalue weighted by atomic mass is 35.5. The van der Waals surface area contributed by atoms with Gasteiger partial charge in [0.05, 0.1) is 17.1 Å². The number of halogens is 5. The van der Waals surface area contributed by atoms with Crippen LogP contribution in [-0.2, 0) is 6.18 Å². The molecule has 0 spiro atoms. The fourth-order valence-electron chi connectivity index (χ4n) is 0.998. The van der Waals surface area contributed by atoms with E-state index in [1.165, 1.54) is 6.07 Å². The molecule has 0 saturated carbocycles. The van der Waals surface area contributed by atoms with Crippen molar-refractivity contribution in [2.75, 3.05) is 5.88 Å². The molecule has 0 heterocycles. The van der Waals surface area contributed by atoms with Gasteiger partial charge in [-0.2, -0.15) is 13.2 Å². The SMILES string of the molecule is NC(CCl)=Nc1cc(Cl)cc(C(F)(F)F)c1. The first-order chi connectivity index (χ1) is 7.32. The molecule has 0 fully saturated rings. The molecular formula is C9H7Cl2F3N2. The van der Waals surface area contributed by atoms with E-state index < -0.39 is 11.7 Å². The smallest absolute Gasteiger partial charge is 0.386 e. The van der Waals surface area contributed by atoms with Gasteiger partial charge in [-0.05, 0) is 18.2 Å². The third-order valence-electron chi connectivity index (χ3n) is 1.62. The lowest BCUT2D eigenvalue weighted by molar-refractivity contribution is -0.137. The zero-order chi connectivity index (χ0) is 12.3. The first-order valence-electron chi connectivity index (χ1n) is 4.09. The van der Waals surface area contributed by atoms with Gasteiger partial charge in [0.25, 0.3) is 0 Å². The van der Waals surface area contributed by atoms with Gasteiger partial charge in [0.2, 0.25) is 0 Å². The zero-order valence-electron chi connectivity index (χ0n) is 7.85. The normalized spacial score (nSPS) is 12.9. The summed E-state index contributed by atoms with van der Waals surface area (Å²) in [6, 6.07) is 2.94. The molecule has 88 valence electrons. The molecule has 0 bridgehead atoms. The molecule has 1 rings (SSSR count). The number of alkyl halides is 4. The number of nitrogens with zero attached hydrogens (tertiary/aromatic N) is 1. The Morgan fingerprint density at radius 1 is 1.31 bits per heavy atom. The Labute approximate surface area is 99.9 Å². The number of amidine groups is 1. The molecule has 1 aromatic carbocycles. The molecule has 0 aliphatic carbocycles. The Kier molecular flexibility index (Phi) is 4.04. The van der Waals surface area contributed by atoms with Crippen molar-refractivity contribution in [2.24, 2.45) is 10.7 Å². The van der Waals surface area contributed by atoms with Gasteiger partial charge < -0.3 is 5.73 Å². The molecule has 2 N–H and O–H groups in total. The van der Waals surface area contributed by atoms with Crippen LogP contribution in [0.1, 0.15) is 5.56 Å². The molecule has 7 heteroatoms. The fourth-order valence-corrected chi connectivity index (χ4v) is 1.29. The summed E-state index contributed by atoms with van der Waals surface area (Å²) in [5, 5.41) is -0.0593. The van der Waals surface area contributed by atoms with Gasteiger partial charge in [-0.15, -0.1) is 11.6 Å². The van der Waals surface area contributed by atoms with E-state index in [0.717, 1.165) is 12.1 Å². The number of hydrogen-bond donors (Lipinski definition) is 1. The predicted molar refractivity (Wildman–Crippen MR) is 58.5 cm³/mol. The summed E-state index contributed by atoms with van der Waals surface area (Å²) in [5.41, 5.74) is 4.46. The molecule has 0 unspecified atom stereocenters. The number of nitrogens with two attached hydrogens (primary N) is 1. The Balaban J connectivity index is 3.19. The van der Waals surface area contributed by atoms with Crippen LogP contribution in [0, 0.1) is 0 Å². The van der Waals surface area contributed by atoms with Crippen LogP contribution in [0.2, 0.25) is 5.02 Å². The van der Waals surface area contributed by atoms with Gasteiger partial charge in [-0.3, -0.25) is 0 Å². The van der Waals surface area contributed by atoms with Gasteiger partial charge in [0.15, 0.2) is 0 Å². The molecule has 0 aliphatic heterocycles. The van der Waals surface area contributed by atoms with E-state index >= 15 is 0 Å². The highest BCUT2D eigenvalue weighted by molar-refractivity contribution is 6.31. The summed E-state index contributed by atoms with van der Waals surface area (Å²) < 4.78 is 37.2. The quantitative estimate of drug-likeness (QED) is 0.498. The highest BCUT2D eigenvalue weighted by Gasteiger charge is 2.31. The van der Waals surface area contributed by atoms with Crippen molar-refractivity contribution in [1.82, 2.24) is 0 Å². The minimum absolute atomic E-state index is 0.0251. The van der Waals surface area contributed by atoms with Crippen molar-refractivity contribution in [3.63, 3.8) is 0 Å². The van der Waals surface area contributed by atoms with Gasteiger partial charge in [0, 0.05) is 5.02 Å². The van der Waals surface area contributed by atoms with E-state index in [-0.39, 0.29) is 22.4 Å². The van der Waals surface area contributed by atoms with E-state index in [1.54, 1.807) is 0 Å². The van der Waals surface area contributed by atoms with Crippen molar-refractivity contribution in [1.29, 1.82) is 0 Å². The van der Waals surface area contributed by atoms with Crippen molar-refractivity contribution in [3.8, 4) is 0 Å². The van der Waals surface area contributed by atoms with Crippen LogP contribution in [-0.4, -0.2) is 11.7 Å².